The van der Waals surface area contributed by atoms with Crippen molar-refractivity contribution >= 4 is 17.1 Å². The number of rotatable bonds is 7. The van der Waals surface area contributed by atoms with Crippen LogP contribution >= 0.6 is 0 Å². The van der Waals surface area contributed by atoms with E-state index in [9.17, 15) is 9.65 Å². The molecule has 3 aromatic rings. The topological polar surface area (TPSA) is 97.2 Å². The fourth-order valence-corrected chi connectivity index (χ4v) is 3.39. The van der Waals surface area contributed by atoms with Gasteiger partial charge in [0.2, 0.25) is 0 Å². The fraction of sp³-hybridized carbons (Fsp3) is 0.250. The quantitative estimate of drug-likeness (QED) is 0.552. The second-order valence-electron chi connectivity index (χ2n) is 7.07. The SMILES string of the molecule is CCOc1ccc(N=C(C)c2c(C)nnc(C(C#N)Cc3ccccc3)c2N)c(F)c1. The predicted molar refractivity (Wildman–Crippen MR) is 119 cm³/mol. The molecule has 3 rings (SSSR count). The number of anilines is 1. The number of benzene rings is 2. The molecule has 0 bridgehead atoms. The standard InChI is InChI=1S/C24H24FN5O/c1-4-31-19-10-11-21(20(25)13-19)28-15(2)22-16(3)29-30-24(23(22)27)18(14-26)12-17-8-6-5-7-9-17/h5-11,13,18H,4,12H2,1-3H3,(H2,27,29). The highest BCUT2D eigenvalue weighted by Gasteiger charge is 2.22. The van der Waals surface area contributed by atoms with Crippen molar-refractivity contribution in [1.29, 1.82) is 5.26 Å². The van der Waals surface area contributed by atoms with Gasteiger partial charge in [-0.05, 0) is 44.9 Å². The summed E-state index contributed by atoms with van der Waals surface area (Å²) in [5, 5.41) is 18.1. The summed E-state index contributed by atoms with van der Waals surface area (Å²) in [5.74, 6) is -0.620. The molecule has 0 saturated carbocycles. The Morgan fingerprint density at radius 3 is 2.61 bits per heavy atom. The van der Waals surface area contributed by atoms with Crippen LogP contribution in [0.4, 0.5) is 15.8 Å². The highest BCUT2D eigenvalue weighted by Crippen LogP contribution is 2.29. The number of nitrogen functional groups attached to an aromatic ring is 1. The summed E-state index contributed by atoms with van der Waals surface area (Å²) in [5.41, 5.74) is 9.93. The van der Waals surface area contributed by atoms with Gasteiger partial charge >= 0.3 is 0 Å². The van der Waals surface area contributed by atoms with Crippen LogP contribution in [0.5, 0.6) is 5.75 Å². The van der Waals surface area contributed by atoms with Gasteiger partial charge in [0.15, 0.2) is 5.82 Å². The van der Waals surface area contributed by atoms with Crippen LogP contribution in [0.3, 0.4) is 0 Å². The molecular weight excluding hydrogens is 393 g/mol. The average molecular weight is 417 g/mol. The highest BCUT2D eigenvalue weighted by molar-refractivity contribution is 6.05. The summed E-state index contributed by atoms with van der Waals surface area (Å²) < 4.78 is 19.8. The molecule has 0 aliphatic rings. The van der Waals surface area contributed by atoms with E-state index in [4.69, 9.17) is 10.5 Å². The van der Waals surface area contributed by atoms with E-state index in [1.54, 1.807) is 26.0 Å². The lowest BCUT2D eigenvalue weighted by molar-refractivity contribution is 0.338. The number of ether oxygens (including phenoxy) is 1. The van der Waals surface area contributed by atoms with Gasteiger partial charge in [0.05, 0.1) is 35.7 Å². The summed E-state index contributed by atoms with van der Waals surface area (Å²) in [6.45, 7) is 5.78. The van der Waals surface area contributed by atoms with Gasteiger partial charge in [-0.1, -0.05) is 30.3 Å². The summed E-state index contributed by atoms with van der Waals surface area (Å²) in [4.78, 5) is 4.42. The first-order valence-corrected chi connectivity index (χ1v) is 9.98. The maximum atomic E-state index is 14.5. The van der Waals surface area contributed by atoms with E-state index in [2.05, 4.69) is 21.3 Å². The zero-order chi connectivity index (χ0) is 22.4. The zero-order valence-corrected chi connectivity index (χ0v) is 17.8. The molecule has 6 nitrogen and oxygen atoms in total. The van der Waals surface area contributed by atoms with Crippen LogP contribution in [0.25, 0.3) is 0 Å². The van der Waals surface area contributed by atoms with Gasteiger partial charge in [-0.2, -0.15) is 15.5 Å². The normalized spacial score (nSPS) is 12.3. The third-order valence-corrected chi connectivity index (χ3v) is 4.86. The molecule has 2 aromatic carbocycles. The first-order valence-electron chi connectivity index (χ1n) is 9.98. The predicted octanol–water partition coefficient (Wildman–Crippen LogP) is 4.90. The van der Waals surface area contributed by atoms with E-state index in [0.717, 1.165) is 5.56 Å². The largest absolute Gasteiger partial charge is 0.494 e. The lowest BCUT2D eigenvalue weighted by atomic mass is 9.94. The van der Waals surface area contributed by atoms with Crippen LogP contribution in [0.1, 0.15) is 42.3 Å². The highest BCUT2D eigenvalue weighted by atomic mass is 19.1. The van der Waals surface area contributed by atoms with Crippen LogP contribution < -0.4 is 10.5 Å². The Balaban J connectivity index is 1.98. The lowest BCUT2D eigenvalue weighted by Crippen LogP contribution is -2.15. The number of aromatic nitrogens is 2. The second kappa shape index (κ2) is 9.81. The van der Waals surface area contributed by atoms with E-state index >= 15 is 0 Å². The van der Waals surface area contributed by atoms with Crippen molar-refractivity contribution in [2.45, 2.75) is 33.1 Å². The third-order valence-electron chi connectivity index (χ3n) is 4.86. The van der Waals surface area contributed by atoms with Crippen LogP contribution in [0.2, 0.25) is 0 Å². The van der Waals surface area contributed by atoms with E-state index in [-0.39, 0.29) is 5.69 Å². The first kappa shape index (κ1) is 21.9. The monoisotopic (exact) mass is 417 g/mol. The number of nitriles is 1. The molecule has 158 valence electrons. The van der Waals surface area contributed by atoms with Gasteiger partial charge in [-0.25, -0.2) is 9.38 Å². The summed E-state index contributed by atoms with van der Waals surface area (Å²) in [6, 6.07) is 16.4. The number of aliphatic imine (C=N–C) groups is 1. The number of aryl methyl sites for hydroxylation is 1. The van der Waals surface area contributed by atoms with E-state index in [0.29, 0.717) is 47.1 Å². The number of nitrogens with two attached hydrogens (primary N) is 1. The second-order valence-corrected chi connectivity index (χ2v) is 7.07. The molecule has 2 N–H and O–H groups in total. The van der Waals surface area contributed by atoms with Gasteiger partial charge in [-0.15, -0.1) is 0 Å². The molecule has 1 heterocycles. The van der Waals surface area contributed by atoms with Crippen LogP contribution in [-0.4, -0.2) is 22.5 Å². The molecule has 0 saturated heterocycles. The van der Waals surface area contributed by atoms with Crippen molar-refractivity contribution in [2.75, 3.05) is 12.3 Å². The minimum Gasteiger partial charge on any atom is -0.494 e. The third kappa shape index (κ3) is 5.04. The van der Waals surface area contributed by atoms with Crippen LogP contribution in [0.15, 0.2) is 53.5 Å². The Labute approximate surface area is 181 Å². The lowest BCUT2D eigenvalue weighted by Gasteiger charge is -2.15. The van der Waals surface area contributed by atoms with Crippen molar-refractivity contribution in [2.24, 2.45) is 4.99 Å². The molecule has 1 atom stereocenters. The molecular formula is C24H24FN5O. The molecule has 0 aliphatic carbocycles. The van der Waals surface area contributed by atoms with Gasteiger partial charge in [0.1, 0.15) is 11.4 Å². The van der Waals surface area contributed by atoms with Crippen LogP contribution in [-0.2, 0) is 6.42 Å². The number of hydrogen-bond acceptors (Lipinski definition) is 6. The molecule has 0 aliphatic heterocycles. The Bertz CT molecular complexity index is 1140. The Hall–Kier alpha value is -3.79. The summed E-state index contributed by atoms with van der Waals surface area (Å²) >= 11 is 0. The average Bonchev–Trinajstić information content (AvgIpc) is 2.75. The molecule has 7 heteroatoms. The van der Waals surface area contributed by atoms with Gasteiger partial charge in [0.25, 0.3) is 0 Å². The maximum Gasteiger partial charge on any atom is 0.152 e. The molecule has 0 spiro atoms. The Morgan fingerprint density at radius 2 is 1.97 bits per heavy atom. The van der Waals surface area contributed by atoms with Gasteiger partial charge in [-0.3, -0.25) is 0 Å². The number of halogens is 1. The zero-order valence-electron chi connectivity index (χ0n) is 17.8. The van der Waals surface area contributed by atoms with E-state index in [1.165, 1.54) is 6.07 Å². The van der Waals surface area contributed by atoms with Crippen molar-refractivity contribution in [3.63, 3.8) is 0 Å². The minimum absolute atomic E-state index is 0.166. The number of nitrogens with zero attached hydrogens (tertiary/aromatic N) is 4. The molecule has 1 unspecified atom stereocenters. The molecule has 0 fully saturated rings. The number of hydrogen-bond donors (Lipinski definition) is 1. The maximum absolute atomic E-state index is 14.5. The van der Waals surface area contributed by atoms with E-state index in [1.807, 2.05) is 37.3 Å². The molecule has 0 radical (unpaired) electrons. The van der Waals surface area contributed by atoms with Crippen LogP contribution in [0, 0.1) is 24.1 Å². The minimum atomic E-state index is -0.565. The van der Waals surface area contributed by atoms with Crippen molar-refractivity contribution in [3.8, 4) is 11.8 Å². The smallest absolute Gasteiger partial charge is 0.152 e. The molecule has 1 aromatic heterocycles. The summed E-state index contributed by atoms with van der Waals surface area (Å²) in [6.07, 6.45) is 0.461. The Morgan fingerprint density at radius 1 is 1.23 bits per heavy atom. The Kier molecular flexibility index (Phi) is 6.93. The van der Waals surface area contributed by atoms with Gasteiger partial charge in [0, 0.05) is 17.3 Å². The first-order chi connectivity index (χ1) is 14.9. The summed E-state index contributed by atoms with van der Waals surface area (Å²) in [7, 11) is 0. The van der Waals surface area contributed by atoms with Gasteiger partial charge < -0.3 is 10.5 Å². The van der Waals surface area contributed by atoms with Crippen molar-refractivity contribution < 1.29 is 9.13 Å². The fourth-order valence-electron chi connectivity index (χ4n) is 3.39. The molecule has 31 heavy (non-hydrogen) atoms. The van der Waals surface area contributed by atoms with Crippen molar-refractivity contribution in [1.82, 2.24) is 10.2 Å². The van der Waals surface area contributed by atoms with Crippen molar-refractivity contribution in [3.05, 3.63) is 76.9 Å². The molecule has 0 amide bonds. The van der Waals surface area contributed by atoms with E-state index < -0.39 is 11.7 Å².